The van der Waals surface area contributed by atoms with E-state index < -0.39 is 5.60 Å². The van der Waals surface area contributed by atoms with Crippen molar-refractivity contribution < 1.29 is 14.6 Å². The van der Waals surface area contributed by atoms with Crippen LogP contribution in [0.5, 0.6) is 11.5 Å². The van der Waals surface area contributed by atoms with Gasteiger partial charge in [-0.25, -0.2) is 0 Å². The van der Waals surface area contributed by atoms with Crippen LogP contribution in [0.4, 0.5) is 0 Å². The monoisotopic (exact) mass is 558 g/mol. The summed E-state index contributed by atoms with van der Waals surface area (Å²) in [5, 5.41) is 12.8. The van der Waals surface area contributed by atoms with E-state index in [4.69, 9.17) is 9.47 Å². The topological polar surface area (TPSA) is 45.2 Å². The summed E-state index contributed by atoms with van der Waals surface area (Å²) in [5.41, 5.74) is 2.84. The summed E-state index contributed by atoms with van der Waals surface area (Å²) in [4.78, 5) is 5.21. The number of piperidine rings is 1. The number of aryl methyl sites for hydroxylation is 1. The molecule has 2 aromatic rings. The minimum atomic E-state index is -0.805. The van der Waals surface area contributed by atoms with Crippen LogP contribution >= 0.6 is 0 Å². The highest BCUT2D eigenvalue weighted by Crippen LogP contribution is 2.66. The fourth-order valence-electron chi connectivity index (χ4n) is 9.02. The Bertz CT molecular complexity index is 1210. The third kappa shape index (κ3) is 4.82. The lowest BCUT2D eigenvalue weighted by atomic mass is 9.48. The maximum Gasteiger partial charge on any atom is 0.165 e. The molecule has 0 amide bonds. The maximum absolute atomic E-state index is 12.8. The van der Waals surface area contributed by atoms with Gasteiger partial charge in [0, 0.05) is 30.7 Å². The maximum atomic E-state index is 12.8. The zero-order valence-corrected chi connectivity index (χ0v) is 25.5. The van der Waals surface area contributed by atoms with Crippen molar-refractivity contribution in [3.05, 3.63) is 71.8 Å². The number of nitrogens with zero attached hydrogens (tertiary/aromatic N) is 2. The van der Waals surface area contributed by atoms with Crippen LogP contribution in [0, 0.1) is 5.92 Å². The van der Waals surface area contributed by atoms with E-state index in [0.29, 0.717) is 5.92 Å². The summed E-state index contributed by atoms with van der Waals surface area (Å²) in [5.74, 6) is 2.30. The molecule has 0 radical (unpaired) electrons. The lowest BCUT2D eigenvalue weighted by Gasteiger charge is -2.65. The van der Waals surface area contributed by atoms with Crippen molar-refractivity contribution in [2.75, 3.05) is 33.3 Å². The Hall–Kier alpha value is -2.34. The number of hydrogen-bond donors (Lipinski definition) is 1. The molecule has 222 valence electrons. The zero-order valence-electron chi connectivity index (χ0n) is 25.5. The molecule has 2 aliphatic heterocycles. The van der Waals surface area contributed by atoms with Crippen molar-refractivity contribution in [2.24, 2.45) is 5.92 Å². The van der Waals surface area contributed by atoms with Gasteiger partial charge in [0.15, 0.2) is 11.5 Å². The van der Waals surface area contributed by atoms with Crippen LogP contribution in [-0.2, 0) is 18.3 Å². The molecular weight excluding hydrogens is 508 g/mol. The summed E-state index contributed by atoms with van der Waals surface area (Å²) < 4.78 is 12.9. The van der Waals surface area contributed by atoms with Crippen molar-refractivity contribution >= 4 is 0 Å². The Balaban J connectivity index is 1.24. The summed E-state index contributed by atoms with van der Waals surface area (Å²) in [7, 11) is 1.74. The number of aliphatic hydroxyl groups is 1. The number of ether oxygens (including phenoxy) is 2. The number of likely N-dealkylation sites (tertiary alicyclic amines) is 1. The molecule has 0 unspecified atom stereocenters. The van der Waals surface area contributed by atoms with Gasteiger partial charge in [0.25, 0.3) is 0 Å². The van der Waals surface area contributed by atoms with Crippen LogP contribution in [0.1, 0.15) is 75.5 Å². The van der Waals surface area contributed by atoms with Gasteiger partial charge in [-0.15, -0.1) is 6.58 Å². The van der Waals surface area contributed by atoms with Crippen molar-refractivity contribution in [3.63, 3.8) is 0 Å². The molecule has 2 heterocycles. The number of unbranched alkanes of at least 4 members (excludes halogenated alkanes) is 3. The molecule has 5 heteroatoms. The molecule has 1 saturated carbocycles. The van der Waals surface area contributed by atoms with E-state index in [0.717, 1.165) is 63.4 Å². The molecule has 2 aliphatic carbocycles. The molecule has 4 aliphatic rings. The van der Waals surface area contributed by atoms with Crippen molar-refractivity contribution in [1.29, 1.82) is 0 Å². The average molecular weight is 559 g/mol. The van der Waals surface area contributed by atoms with Gasteiger partial charge < -0.3 is 14.6 Å². The van der Waals surface area contributed by atoms with E-state index in [1.54, 1.807) is 7.11 Å². The predicted octanol–water partition coefficient (Wildman–Crippen LogP) is 6.17. The Morgan fingerprint density at radius 1 is 1.12 bits per heavy atom. The first-order chi connectivity index (χ1) is 19.9. The normalized spacial score (nSPS) is 29.9. The molecule has 1 N–H and O–H groups in total. The molecule has 2 fully saturated rings. The SMILES string of the molecule is C=CCN1CC[C@]23c4c5ccc(OC)c4O[C@H]2[C@@H](N(CCCCCCc2ccccc2)CC(C)C)CC[C@@]3(O)[C@H]1C5. The number of benzene rings is 2. The van der Waals surface area contributed by atoms with Crippen molar-refractivity contribution in [1.82, 2.24) is 9.80 Å². The Morgan fingerprint density at radius 3 is 2.68 bits per heavy atom. The van der Waals surface area contributed by atoms with Gasteiger partial charge in [0.2, 0.25) is 0 Å². The number of methoxy groups -OCH3 is 1. The van der Waals surface area contributed by atoms with E-state index in [2.05, 4.69) is 72.7 Å². The second-order valence-corrected chi connectivity index (χ2v) is 13.5. The Kier molecular flexibility index (Phi) is 8.24. The molecular formula is C36H50N2O3. The van der Waals surface area contributed by atoms with Gasteiger partial charge in [0.05, 0.1) is 18.1 Å². The third-order valence-electron chi connectivity index (χ3n) is 10.7. The summed E-state index contributed by atoms with van der Waals surface area (Å²) >= 11 is 0. The minimum Gasteiger partial charge on any atom is -0.493 e. The fourth-order valence-corrected chi connectivity index (χ4v) is 9.02. The predicted molar refractivity (Wildman–Crippen MR) is 166 cm³/mol. The van der Waals surface area contributed by atoms with Crippen LogP contribution < -0.4 is 9.47 Å². The van der Waals surface area contributed by atoms with E-state index in [1.807, 2.05) is 6.08 Å². The zero-order chi connectivity index (χ0) is 28.6. The molecule has 6 rings (SSSR count). The van der Waals surface area contributed by atoms with Gasteiger partial charge in [-0.2, -0.15) is 0 Å². The van der Waals surface area contributed by atoms with Crippen LogP contribution in [0.25, 0.3) is 0 Å². The number of rotatable bonds is 13. The first-order valence-corrected chi connectivity index (χ1v) is 16.1. The summed E-state index contributed by atoms with van der Waals surface area (Å²) in [6.07, 6.45) is 11.6. The third-order valence-corrected chi connectivity index (χ3v) is 10.7. The fraction of sp³-hybridized carbons (Fsp3) is 0.611. The first-order valence-electron chi connectivity index (χ1n) is 16.1. The Morgan fingerprint density at radius 2 is 1.93 bits per heavy atom. The highest BCUT2D eigenvalue weighted by molar-refractivity contribution is 5.63. The smallest absolute Gasteiger partial charge is 0.165 e. The van der Waals surface area contributed by atoms with Crippen LogP contribution in [-0.4, -0.2) is 72.0 Å². The van der Waals surface area contributed by atoms with Crippen molar-refractivity contribution in [3.8, 4) is 11.5 Å². The Labute approximate surface area is 247 Å². The average Bonchev–Trinajstić information content (AvgIpc) is 3.32. The summed E-state index contributed by atoms with van der Waals surface area (Å²) in [6, 6.07) is 15.6. The molecule has 2 bridgehead atoms. The molecule has 5 nitrogen and oxygen atoms in total. The van der Waals surface area contributed by atoms with Crippen LogP contribution in [0.15, 0.2) is 55.1 Å². The largest absolute Gasteiger partial charge is 0.493 e. The van der Waals surface area contributed by atoms with E-state index in [1.165, 1.54) is 48.8 Å². The van der Waals surface area contributed by atoms with Crippen molar-refractivity contribution in [2.45, 2.75) is 101 Å². The standard InChI is InChI=1S/C36H50N2O3/c1-5-21-37-23-20-35-32-28-16-17-30(40-4)33(32)41-34(35)29(18-19-36(35,39)31(37)24-28)38(25-26(2)3)22-12-7-6-9-13-27-14-10-8-11-15-27/h5,8,10-11,14-17,26,29,31,34,39H,1,6-7,9,12-13,18-25H2,2-4H3/t29-,31+,34-,35-,36+/m0/s1. The van der Waals surface area contributed by atoms with Gasteiger partial charge in [-0.1, -0.05) is 69.2 Å². The molecule has 0 aromatic heterocycles. The molecule has 2 aromatic carbocycles. The second kappa shape index (κ2) is 11.7. The molecule has 41 heavy (non-hydrogen) atoms. The lowest BCUT2D eigenvalue weighted by molar-refractivity contribution is -0.199. The highest BCUT2D eigenvalue weighted by Gasteiger charge is 2.73. The van der Waals surface area contributed by atoms with Gasteiger partial charge >= 0.3 is 0 Å². The van der Waals surface area contributed by atoms with Crippen LogP contribution in [0.2, 0.25) is 0 Å². The van der Waals surface area contributed by atoms with E-state index in [-0.39, 0.29) is 23.6 Å². The van der Waals surface area contributed by atoms with Gasteiger partial charge in [-0.05, 0) is 81.1 Å². The number of hydrogen-bond acceptors (Lipinski definition) is 5. The van der Waals surface area contributed by atoms with E-state index >= 15 is 0 Å². The summed E-state index contributed by atoms with van der Waals surface area (Å²) in [6.45, 7) is 12.6. The second-order valence-electron chi connectivity index (χ2n) is 13.5. The van der Waals surface area contributed by atoms with Gasteiger partial charge in [-0.3, -0.25) is 9.80 Å². The van der Waals surface area contributed by atoms with E-state index in [9.17, 15) is 5.11 Å². The molecule has 1 spiro atoms. The van der Waals surface area contributed by atoms with Crippen LogP contribution in [0.3, 0.4) is 0 Å². The molecule has 5 atom stereocenters. The quantitative estimate of drug-likeness (QED) is 0.236. The minimum absolute atomic E-state index is 0.0585. The highest BCUT2D eigenvalue weighted by atomic mass is 16.5. The van der Waals surface area contributed by atoms with Gasteiger partial charge in [0.1, 0.15) is 6.10 Å². The first kappa shape index (κ1) is 28.8. The molecule has 1 saturated heterocycles. The lowest BCUT2D eigenvalue weighted by Crippen LogP contribution is -2.78.